The Bertz CT molecular complexity index is 656. The van der Waals surface area contributed by atoms with Crippen LogP contribution in [0.15, 0.2) is 29.8 Å². The van der Waals surface area contributed by atoms with E-state index in [0.717, 1.165) is 42.7 Å². The molecule has 1 aliphatic heterocycles. The molecule has 2 aromatic heterocycles. The number of aryl methyl sites for hydroxylation is 1. The van der Waals surface area contributed by atoms with E-state index in [-0.39, 0.29) is 11.9 Å². The van der Waals surface area contributed by atoms with Gasteiger partial charge in [0.1, 0.15) is 0 Å². The van der Waals surface area contributed by atoms with Crippen molar-refractivity contribution in [1.82, 2.24) is 20.2 Å². The molecule has 0 aromatic carbocycles. The molecule has 1 atom stereocenters. The Balaban J connectivity index is 1.62. The smallest absolute Gasteiger partial charge is 0.226 e. The summed E-state index contributed by atoms with van der Waals surface area (Å²) in [5.41, 5.74) is 1.81. The van der Waals surface area contributed by atoms with Gasteiger partial charge in [0.15, 0.2) is 0 Å². The van der Waals surface area contributed by atoms with E-state index >= 15 is 0 Å². The number of morpholine rings is 1. The molecule has 0 radical (unpaired) electrons. The second-order valence-corrected chi connectivity index (χ2v) is 6.82. The molecular formula is C17H22N4O2S. The highest BCUT2D eigenvalue weighted by Gasteiger charge is 2.24. The number of thiazole rings is 1. The van der Waals surface area contributed by atoms with Crippen LogP contribution < -0.4 is 5.32 Å². The molecule has 1 amide bonds. The van der Waals surface area contributed by atoms with E-state index in [1.807, 2.05) is 30.5 Å². The van der Waals surface area contributed by atoms with Gasteiger partial charge in [-0.3, -0.25) is 14.7 Å². The Kier molecular flexibility index (Phi) is 5.90. The summed E-state index contributed by atoms with van der Waals surface area (Å²) in [4.78, 5) is 23.4. The molecule has 0 bridgehead atoms. The number of pyridine rings is 1. The van der Waals surface area contributed by atoms with Crippen LogP contribution >= 0.6 is 11.3 Å². The summed E-state index contributed by atoms with van der Waals surface area (Å²) in [6, 6.07) is 5.96. The standard InChI is InChI=1S/C17H22N4O2S/c1-13-20-14(12-24-13)10-17(22)19-11-16(15-4-2-3-5-18-15)21-6-8-23-9-7-21/h2-5,12,16H,6-11H2,1H3,(H,19,22)/t16-/m1/s1. The lowest BCUT2D eigenvalue weighted by molar-refractivity contribution is -0.120. The molecule has 6 nitrogen and oxygen atoms in total. The van der Waals surface area contributed by atoms with Gasteiger partial charge in [-0.1, -0.05) is 6.07 Å². The predicted octanol–water partition coefficient (Wildman–Crippen LogP) is 1.58. The highest BCUT2D eigenvalue weighted by Crippen LogP contribution is 2.19. The molecule has 24 heavy (non-hydrogen) atoms. The first-order chi connectivity index (χ1) is 11.7. The lowest BCUT2D eigenvalue weighted by atomic mass is 10.1. The zero-order chi connectivity index (χ0) is 16.8. The van der Waals surface area contributed by atoms with Crippen molar-refractivity contribution in [3.05, 3.63) is 46.2 Å². The molecular weight excluding hydrogens is 324 g/mol. The SMILES string of the molecule is Cc1nc(CC(=O)NC[C@H](c2ccccn2)N2CCOCC2)cs1. The van der Waals surface area contributed by atoms with Crippen molar-refractivity contribution in [2.45, 2.75) is 19.4 Å². The van der Waals surface area contributed by atoms with E-state index in [9.17, 15) is 4.79 Å². The summed E-state index contributed by atoms with van der Waals surface area (Å²) >= 11 is 1.57. The highest BCUT2D eigenvalue weighted by atomic mass is 32.1. The monoisotopic (exact) mass is 346 g/mol. The maximum atomic E-state index is 12.2. The Morgan fingerprint density at radius 2 is 2.25 bits per heavy atom. The number of nitrogens with one attached hydrogen (secondary N) is 1. The maximum Gasteiger partial charge on any atom is 0.226 e. The zero-order valence-electron chi connectivity index (χ0n) is 13.8. The fraction of sp³-hybridized carbons (Fsp3) is 0.471. The first-order valence-electron chi connectivity index (χ1n) is 8.13. The summed E-state index contributed by atoms with van der Waals surface area (Å²) in [5.74, 6) is -0.00510. The van der Waals surface area contributed by atoms with E-state index in [1.165, 1.54) is 0 Å². The van der Waals surface area contributed by atoms with Gasteiger partial charge in [0, 0.05) is 31.2 Å². The van der Waals surface area contributed by atoms with Crippen LogP contribution in [0.25, 0.3) is 0 Å². The molecule has 1 fully saturated rings. The van der Waals surface area contributed by atoms with Crippen LogP contribution in [-0.4, -0.2) is 53.6 Å². The summed E-state index contributed by atoms with van der Waals surface area (Å²) in [5, 5.41) is 5.96. The van der Waals surface area contributed by atoms with Crippen LogP contribution in [0.1, 0.15) is 22.4 Å². The van der Waals surface area contributed by atoms with Crippen molar-refractivity contribution in [2.75, 3.05) is 32.8 Å². The first-order valence-corrected chi connectivity index (χ1v) is 9.01. The number of nitrogens with zero attached hydrogens (tertiary/aromatic N) is 3. The van der Waals surface area contributed by atoms with Gasteiger partial charge in [-0.25, -0.2) is 4.98 Å². The minimum atomic E-state index is -0.00510. The molecule has 7 heteroatoms. The predicted molar refractivity (Wildman–Crippen MR) is 92.9 cm³/mol. The lowest BCUT2D eigenvalue weighted by Crippen LogP contribution is -2.44. The Hall–Kier alpha value is -1.83. The van der Waals surface area contributed by atoms with Crippen molar-refractivity contribution >= 4 is 17.2 Å². The van der Waals surface area contributed by atoms with Crippen LogP contribution in [-0.2, 0) is 16.0 Å². The van der Waals surface area contributed by atoms with Gasteiger partial charge in [0.2, 0.25) is 5.91 Å². The zero-order valence-corrected chi connectivity index (χ0v) is 14.6. The number of hydrogen-bond donors (Lipinski definition) is 1. The van der Waals surface area contributed by atoms with Crippen molar-refractivity contribution in [3.63, 3.8) is 0 Å². The number of ether oxygens (including phenoxy) is 1. The van der Waals surface area contributed by atoms with Gasteiger partial charge in [-0.15, -0.1) is 11.3 Å². The third-order valence-corrected chi connectivity index (χ3v) is 4.84. The van der Waals surface area contributed by atoms with Crippen LogP contribution in [0.3, 0.4) is 0 Å². The molecule has 1 saturated heterocycles. The Morgan fingerprint density at radius 3 is 2.92 bits per heavy atom. The molecule has 3 rings (SSSR count). The number of carbonyl (C=O) groups excluding carboxylic acids is 1. The van der Waals surface area contributed by atoms with Crippen LogP contribution in [0.5, 0.6) is 0 Å². The molecule has 0 aliphatic carbocycles. The second kappa shape index (κ2) is 8.32. The minimum Gasteiger partial charge on any atom is -0.379 e. The Labute approximate surface area is 145 Å². The molecule has 3 heterocycles. The fourth-order valence-electron chi connectivity index (χ4n) is 2.81. The number of amides is 1. The summed E-state index contributed by atoms with van der Waals surface area (Å²) < 4.78 is 5.44. The third-order valence-electron chi connectivity index (χ3n) is 4.02. The molecule has 2 aromatic rings. The van der Waals surface area contributed by atoms with Gasteiger partial charge in [-0.2, -0.15) is 0 Å². The second-order valence-electron chi connectivity index (χ2n) is 5.76. The summed E-state index contributed by atoms with van der Waals surface area (Å²) in [7, 11) is 0. The summed E-state index contributed by atoms with van der Waals surface area (Å²) in [6.07, 6.45) is 2.12. The van der Waals surface area contributed by atoms with Crippen molar-refractivity contribution in [2.24, 2.45) is 0 Å². The van der Waals surface area contributed by atoms with Crippen molar-refractivity contribution in [3.8, 4) is 0 Å². The first kappa shape index (κ1) is 17.0. The van der Waals surface area contributed by atoms with Crippen molar-refractivity contribution < 1.29 is 9.53 Å². The normalized spacial score (nSPS) is 16.7. The quantitative estimate of drug-likeness (QED) is 0.860. The van der Waals surface area contributed by atoms with Crippen LogP contribution in [0.4, 0.5) is 0 Å². The molecule has 128 valence electrons. The van der Waals surface area contributed by atoms with E-state index in [0.29, 0.717) is 13.0 Å². The molecule has 0 saturated carbocycles. The van der Waals surface area contributed by atoms with E-state index in [1.54, 1.807) is 17.5 Å². The van der Waals surface area contributed by atoms with Crippen molar-refractivity contribution in [1.29, 1.82) is 0 Å². The average molecular weight is 346 g/mol. The highest BCUT2D eigenvalue weighted by molar-refractivity contribution is 7.09. The number of carbonyl (C=O) groups is 1. The van der Waals surface area contributed by atoms with Gasteiger partial charge in [-0.05, 0) is 19.1 Å². The number of aromatic nitrogens is 2. The Morgan fingerprint density at radius 1 is 1.42 bits per heavy atom. The minimum absolute atomic E-state index is 0.00510. The van der Waals surface area contributed by atoms with Gasteiger partial charge in [0.05, 0.1) is 42.1 Å². The van der Waals surface area contributed by atoms with Gasteiger partial charge >= 0.3 is 0 Å². The van der Waals surface area contributed by atoms with Crippen LogP contribution in [0.2, 0.25) is 0 Å². The molecule has 1 aliphatic rings. The largest absolute Gasteiger partial charge is 0.379 e. The molecule has 0 spiro atoms. The average Bonchev–Trinajstić information content (AvgIpc) is 3.02. The van der Waals surface area contributed by atoms with E-state index < -0.39 is 0 Å². The molecule has 1 N–H and O–H groups in total. The third kappa shape index (κ3) is 4.59. The topological polar surface area (TPSA) is 67.4 Å². The number of hydrogen-bond acceptors (Lipinski definition) is 6. The number of rotatable bonds is 6. The summed E-state index contributed by atoms with van der Waals surface area (Å²) in [6.45, 7) is 5.62. The van der Waals surface area contributed by atoms with Crippen LogP contribution in [0, 0.1) is 6.92 Å². The van der Waals surface area contributed by atoms with Gasteiger partial charge < -0.3 is 10.1 Å². The fourth-order valence-corrected chi connectivity index (χ4v) is 3.42. The van der Waals surface area contributed by atoms with E-state index in [4.69, 9.17) is 4.74 Å². The maximum absolute atomic E-state index is 12.2. The van der Waals surface area contributed by atoms with E-state index in [2.05, 4.69) is 20.2 Å². The molecule has 0 unspecified atom stereocenters. The lowest BCUT2D eigenvalue weighted by Gasteiger charge is -2.34. The van der Waals surface area contributed by atoms with Gasteiger partial charge in [0.25, 0.3) is 0 Å².